The molecule has 0 fully saturated rings. The van der Waals surface area contributed by atoms with Gasteiger partial charge in [-0.1, -0.05) is 0 Å². The minimum absolute atomic E-state index is 0.306. The van der Waals surface area contributed by atoms with Gasteiger partial charge in [0.15, 0.2) is 6.61 Å². The summed E-state index contributed by atoms with van der Waals surface area (Å²) in [7, 11) is 0. The predicted octanol–water partition coefficient (Wildman–Crippen LogP) is 0.629. The molecule has 0 aliphatic rings. The lowest BCUT2D eigenvalue weighted by atomic mass is 10.2. The van der Waals surface area contributed by atoms with Crippen molar-refractivity contribution >= 4 is 12.0 Å². The average Bonchev–Trinajstić information content (AvgIpc) is 2.47. The van der Waals surface area contributed by atoms with Crippen LogP contribution in [0.3, 0.4) is 0 Å². The Balaban J connectivity index is 3.37. The van der Waals surface area contributed by atoms with Crippen LogP contribution in [0.2, 0.25) is 0 Å². The SMILES string of the molecule is CCOCCOCCOCCNC(=O)CONC(=O)OC(C)(C)C. The molecular weight excluding hydrogens is 320 g/mol. The van der Waals surface area contributed by atoms with E-state index in [0.29, 0.717) is 46.2 Å². The molecule has 9 heteroatoms. The van der Waals surface area contributed by atoms with Crippen LogP contribution in [-0.2, 0) is 28.6 Å². The molecule has 0 aromatic carbocycles. The lowest BCUT2D eigenvalue weighted by Crippen LogP contribution is -2.37. The van der Waals surface area contributed by atoms with E-state index in [2.05, 4.69) is 5.32 Å². The summed E-state index contributed by atoms with van der Waals surface area (Å²) >= 11 is 0. The zero-order valence-corrected chi connectivity index (χ0v) is 15.0. The van der Waals surface area contributed by atoms with Gasteiger partial charge < -0.3 is 24.3 Å². The first kappa shape index (κ1) is 22.6. The van der Waals surface area contributed by atoms with Gasteiger partial charge in [0.1, 0.15) is 5.60 Å². The number of rotatable bonds is 13. The number of nitrogens with one attached hydrogen (secondary N) is 2. The van der Waals surface area contributed by atoms with Gasteiger partial charge in [-0.05, 0) is 27.7 Å². The summed E-state index contributed by atoms with van der Waals surface area (Å²) in [5, 5.41) is 2.58. The fraction of sp³-hybridized carbons (Fsp3) is 0.867. The Morgan fingerprint density at radius 3 is 2.08 bits per heavy atom. The van der Waals surface area contributed by atoms with Gasteiger partial charge in [-0.25, -0.2) is 4.79 Å². The maximum atomic E-state index is 11.4. The van der Waals surface area contributed by atoms with Gasteiger partial charge in [-0.15, -0.1) is 0 Å². The Morgan fingerprint density at radius 2 is 1.50 bits per heavy atom. The van der Waals surface area contributed by atoms with Crippen molar-refractivity contribution in [3.63, 3.8) is 0 Å². The van der Waals surface area contributed by atoms with E-state index in [0.717, 1.165) is 0 Å². The highest BCUT2D eigenvalue weighted by molar-refractivity contribution is 5.77. The van der Waals surface area contributed by atoms with Crippen LogP contribution in [0.4, 0.5) is 4.79 Å². The summed E-state index contributed by atoms with van der Waals surface area (Å²) in [5.41, 5.74) is 1.40. The van der Waals surface area contributed by atoms with E-state index in [-0.39, 0.29) is 12.5 Å². The van der Waals surface area contributed by atoms with Gasteiger partial charge in [0.2, 0.25) is 5.91 Å². The van der Waals surface area contributed by atoms with Gasteiger partial charge >= 0.3 is 6.09 Å². The summed E-state index contributed by atoms with van der Waals surface area (Å²) in [6.07, 6.45) is -0.747. The molecule has 0 spiro atoms. The molecule has 0 saturated heterocycles. The van der Waals surface area contributed by atoms with Crippen molar-refractivity contribution in [1.29, 1.82) is 0 Å². The highest BCUT2D eigenvalue weighted by atomic mass is 16.7. The third-order valence-corrected chi connectivity index (χ3v) is 2.27. The molecule has 2 N–H and O–H groups in total. The summed E-state index contributed by atoms with van der Waals surface area (Å²) in [4.78, 5) is 27.4. The maximum absolute atomic E-state index is 11.4. The summed E-state index contributed by atoms with van der Waals surface area (Å²) in [6.45, 7) is 10.2. The van der Waals surface area contributed by atoms with E-state index in [9.17, 15) is 9.59 Å². The third-order valence-electron chi connectivity index (χ3n) is 2.27. The van der Waals surface area contributed by atoms with E-state index < -0.39 is 11.7 Å². The number of carbonyl (C=O) groups excluding carboxylic acids is 2. The monoisotopic (exact) mass is 350 g/mol. The van der Waals surface area contributed by atoms with Gasteiger partial charge in [0, 0.05) is 13.2 Å². The van der Waals surface area contributed by atoms with Crippen molar-refractivity contribution in [3.05, 3.63) is 0 Å². The molecule has 0 rings (SSSR count). The number of amides is 2. The first-order valence-electron chi connectivity index (χ1n) is 7.96. The van der Waals surface area contributed by atoms with E-state index in [1.54, 1.807) is 20.8 Å². The van der Waals surface area contributed by atoms with Crippen LogP contribution in [0.5, 0.6) is 0 Å². The highest BCUT2D eigenvalue weighted by Crippen LogP contribution is 2.06. The first-order valence-corrected chi connectivity index (χ1v) is 7.96. The van der Waals surface area contributed by atoms with Crippen LogP contribution in [-0.4, -0.2) is 70.4 Å². The van der Waals surface area contributed by atoms with E-state index in [1.807, 2.05) is 12.4 Å². The molecule has 0 aliphatic heterocycles. The first-order chi connectivity index (χ1) is 11.3. The molecule has 0 saturated carbocycles. The molecule has 24 heavy (non-hydrogen) atoms. The molecule has 0 aromatic heterocycles. The Hall–Kier alpha value is -1.42. The van der Waals surface area contributed by atoms with Crippen LogP contribution in [0.1, 0.15) is 27.7 Å². The largest absolute Gasteiger partial charge is 0.442 e. The van der Waals surface area contributed by atoms with Crippen LogP contribution >= 0.6 is 0 Å². The average molecular weight is 350 g/mol. The molecule has 142 valence electrons. The van der Waals surface area contributed by atoms with Gasteiger partial charge in [-0.3, -0.25) is 9.63 Å². The summed E-state index contributed by atoms with van der Waals surface area (Å²) in [5.74, 6) is -0.373. The smallest absolute Gasteiger partial charge is 0.431 e. The molecule has 0 atom stereocenters. The number of hydrogen-bond donors (Lipinski definition) is 2. The van der Waals surface area contributed by atoms with Crippen LogP contribution in [0.15, 0.2) is 0 Å². The van der Waals surface area contributed by atoms with Crippen LogP contribution in [0, 0.1) is 0 Å². The molecule has 9 nitrogen and oxygen atoms in total. The molecule has 0 aromatic rings. The predicted molar refractivity (Wildman–Crippen MR) is 86.5 cm³/mol. The topological polar surface area (TPSA) is 104 Å². The number of hydroxylamine groups is 1. The molecule has 0 heterocycles. The van der Waals surface area contributed by atoms with Crippen molar-refractivity contribution < 1.29 is 33.4 Å². The Kier molecular flexibility index (Phi) is 13.1. The quantitative estimate of drug-likeness (QED) is 0.371. The second kappa shape index (κ2) is 14.0. The number of carbonyl (C=O) groups is 2. The lowest BCUT2D eigenvalue weighted by molar-refractivity contribution is -0.128. The number of ether oxygens (including phenoxy) is 4. The second-order valence-corrected chi connectivity index (χ2v) is 5.66. The minimum Gasteiger partial charge on any atom is -0.442 e. The third kappa shape index (κ3) is 16.9. The fourth-order valence-corrected chi connectivity index (χ4v) is 1.36. The molecule has 2 amide bonds. The summed E-state index contributed by atoms with van der Waals surface area (Å²) in [6, 6.07) is 0. The van der Waals surface area contributed by atoms with Crippen molar-refractivity contribution in [1.82, 2.24) is 10.8 Å². The van der Waals surface area contributed by atoms with Crippen molar-refractivity contribution in [3.8, 4) is 0 Å². The summed E-state index contributed by atoms with van der Waals surface area (Å²) < 4.78 is 20.6. The maximum Gasteiger partial charge on any atom is 0.431 e. The molecule has 0 bridgehead atoms. The lowest BCUT2D eigenvalue weighted by Gasteiger charge is -2.19. The van der Waals surface area contributed by atoms with E-state index in [1.165, 1.54) is 0 Å². The second-order valence-electron chi connectivity index (χ2n) is 5.66. The molecular formula is C15H30N2O7. The van der Waals surface area contributed by atoms with Gasteiger partial charge in [0.05, 0.1) is 33.0 Å². The zero-order chi connectivity index (χ0) is 18.3. The van der Waals surface area contributed by atoms with Crippen molar-refractivity contribution in [2.75, 3.05) is 52.8 Å². The van der Waals surface area contributed by atoms with Crippen molar-refractivity contribution in [2.24, 2.45) is 0 Å². The molecule has 0 aliphatic carbocycles. The zero-order valence-electron chi connectivity index (χ0n) is 15.0. The van der Waals surface area contributed by atoms with Crippen LogP contribution in [0.25, 0.3) is 0 Å². The Bertz CT molecular complexity index is 345. The van der Waals surface area contributed by atoms with Gasteiger partial charge in [0.25, 0.3) is 0 Å². The standard InChI is InChI=1S/C15H30N2O7/c1-5-20-8-9-22-11-10-21-7-6-16-13(18)12-23-17-14(19)24-15(2,3)4/h5-12H2,1-4H3,(H,16,18)(H,17,19). The Labute approximate surface area is 143 Å². The van der Waals surface area contributed by atoms with Crippen LogP contribution < -0.4 is 10.8 Å². The Morgan fingerprint density at radius 1 is 0.917 bits per heavy atom. The van der Waals surface area contributed by atoms with E-state index >= 15 is 0 Å². The van der Waals surface area contributed by atoms with Crippen molar-refractivity contribution in [2.45, 2.75) is 33.3 Å². The normalized spacial score (nSPS) is 11.2. The minimum atomic E-state index is -0.747. The van der Waals surface area contributed by atoms with Gasteiger partial charge in [-0.2, -0.15) is 5.48 Å². The molecule has 0 radical (unpaired) electrons. The highest BCUT2D eigenvalue weighted by Gasteiger charge is 2.16. The number of hydrogen-bond acceptors (Lipinski definition) is 7. The fourth-order valence-electron chi connectivity index (χ4n) is 1.36. The molecule has 0 unspecified atom stereocenters. The van der Waals surface area contributed by atoms with E-state index in [4.69, 9.17) is 23.8 Å².